The molecule has 0 heterocycles. The van der Waals surface area contributed by atoms with Crippen molar-refractivity contribution in [3.8, 4) is 0 Å². The van der Waals surface area contributed by atoms with Crippen molar-refractivity contribution in [3.05, 3.63) is 32.8 Å². The Hall–Kier alpha value is -0.0500. The van der Waals surface area contributed by atoms with E-state index in [9.17, 15) is 4.79 Å². The van der Waals surface area contributed by atoms with Gasteiger partial charge in [0.25, 0.3) is 0 Å². The SMILES string of the molecule is Cc1c(C(=O)CCl)ccc(Br)c1Cl. The Kier molecular flexibility index (Phi) is 3.77. The van der Waals surface area contributed by atoms with Crippen LogP contribution in [0.25, 0.3) is 0 Å². The molecule has 13 heavy (non-hydrogen) atoms. The zero-order chi connectivity index (χ0) is 10.0. The van der Waals surface area contributed by atoms with Crippen LogP contribution in [0, 0.1) is 6.92 Å². The number of hydrogen-bond acceptors (Lipinski definition) is 1. The smallest absolute Gasteiger partial charge is 0.177 e. The van der Waals surface area contributed by atoms with Gasteiger partial charge in [0.15, 0.2) is 5.78 Å². The van der Waals surface area contributed by atoms with Crippen molar-refractivity contribution in [1.82, 2.24) is 0 Å². The minimum Gasteiger partial charge on any atom is -0.293 e. The molecule has 0 N–H and O–H groups in total. The molecule has 0 fully saturated rings. The Balaban J connectivity index is 3.26. The number of rotatable bonds is 2. The van der Waals surface area contributed by atoms with Gasteiger partial charge in [-0.15, -0.1) is 11.6 Å². The maximum absolute atomic E-state index is 11.3. The lowest BCUT2D eigenvalue weighted by Crippen LogP contribution is -2.03. The first kappa shape index (κ1) is 11.0. The Morgan fingerprint density at radius 1 is 1.54 bits per heavy atom. The Morgan fingerprint density at radius 3 is 2.69 bits per heavy atom. The summed E-state index contributed by atoms with van der Waals surface area (Å²) in [6, 6.07) is 3.46. The van der Waals surface area contributed by atoms with E-state index in [4.69, 9.17) is 23.2 Å². The molecule has 0 aliphatic carbocycles. The van der Waals surface area contributed by atoms with Crippen molar-refractivity contribution in [1.29, 1.82) is 0 Å². The molecule has 1 rings (SSSR count). The predicted molar refractivity (Wildman–Crippen MR) is 58.9 cm³/mol. The highest BCUT2D eigenvalue weighted by atomic mass is 79.9. The monoisotopic (exact) mass is 280 g/mol. The third kappa shape index (κ3) is 2.25. The maximum Gasteiger partial charge on any atom is 0.177 e. The number of alkyl halides is 1. The van der Waals surface area contributed by atoms with E-state index < -0.39 is 0 Å². The average molecular weight is 282 g/mol. The number of ketones is 1. The lowest BCUT2D eigenvalue weighted by Gasteiger charge is -2.05. The summed E-state index contributed by atoms with van der Waals surface area (Å²) in [5, 5.41) is 0.566. The van der Waals surface area contributed by atoms with Gasteiger partial charge in [-0.1, -0.05) is 11.6 Å². The van der Waals surface area contributed by atoms with Crippen molar-refractivity contribution in [2.75, 3.05) is 5.88 Å². The number of Topliss-reactive ketones (excluding diaryl/α,β-unsaturated/α-hetero) is 1. The maximum atomic E-state index is 11.3. The fraction of sp³-hybridized carbons (Fsp3) is 0.222. The number of carbonyl (C=O) groups is 1. The summed E-state index contributed by atoms with van der Waals surface area (Å²) < 4.78 is 0.790. The number of benzene rings is 1. The molecular formula is C9H7BrCl2O. The van der Waals surface area contributed by atoms with Crippen molar-refractivity contribution < 1.29 is 4.79 Å². The fourth-order valence-corrected chi connectivity index (χ4v) is 1.76. The molecule has 0 saturated carbocycles. The molecular weight excluding hydrogens is 275 g/mol. The molecule has 0 aromatic heterocycles. The summed E-state index contributed by atoms with van der Waals surface area (Å²) in [4.78, 5) is 11.3. The minimum atomic E-state index is -0.103. The van der Waals surface area contributed by atoms with Crippen LogP contribution in [0.1, 0.15) is 15.9 Å². The Bertz CT molecular complexity index is 350. The molecule has 0 radical (unpaired) electrons. The lowest BCUT2D eigenvalue weighted by atomic mass is 10.1. The second-order valence-electron chi connectivity index (χ2n) is 2.59. The highest BCUT2D eigenvalue weighted by molar-refractivity contribution is 9.10. The van der Waals surface area contributed by atoms with Crippen LogP contribution >= 0.6 is 39.1 Å². The number of hydrogen-bond donors (Lipinski definition) is 0. The van der Waals surface area contributed by atoms with Gasteiger partial charge in [0.2, 0.25) is 0 Å². The van der Waals surface area contributed by atoms with Crippen LogP contribution < -0.4 is 0 Å². The van der Waals surface area contributed by atoms with E-state index in [2.05, 4.69) is 15.9 Å². The lowest BCUT2D eigenvalue weighted by molar-refractivity contribution is 0.102. The zero-order valence-corrected chi connectivity index (χ0v) is 10.0. The topological polar surface area (TPSA) is 17.1 Å². The van der Waals surface area contributed by atoms with Gasteiger partial charge in [-0.2, -0.15) is 0 Å². The van der Waals surface area contributed by atoms with Crippen LogP contribution in [0.5, 0.6) is 0 Å². The summed E-state index contributed by atoms with van der Waals surface area (Å²) in [6.45, 7) is 1.80. The van der Waals surface area contributed by atoms with Crippen LogP contribution in [-0.4, -0.2) is 11.7 Å². The normalized spacial score (nSPS) is 10.2. The number of carbonyl (C=O) groups excluding carboxylic acids is 1. The van der Waals surface area contributed by atoms with E-state index in [1.54, 1.807) is 19.1 Å². The van der Waals surface area contributed by atoms with Crippen molar-refractivity contribution in [2.24, 2.45) is 0 Å². The van der Waals surface area contributed by atoms with Crippen molar-refractivity contribution in [2.45, 2.75) is 6.92 Å². The molecule has 0 spiro atoms. The van der Waals surface area contributed by atoms with Crippen LogP contribution in [-0.2, 0) is 0 Å². The molecule has 70 valence electrons. The molecule has 1 aromatic carbocycles. The summed E-state index contributed by atoms with van der Waals surface area (Å²) in [5.74, 6) is -0.118. The van der Waals surface area contributed by atoms with E-state index in [0.29, 0.717) is 10.6 Å². The molecule has 1 nitrogen and oxygen atoms in total. The second-order valence-corrected chi connectivity index (χ2v) is 4.09. The fourth-order valence-electron chi connectivity index (χ4n) is 1.03. The summed E-state index contributed by atoms with van der Waals surface area (Å²) in [7, 11) is 0. The van der Waals surface area contributed by atoms with Gasteiger partial charge in [0.05, 0.1) is 10.9 Å². The Morgan fingerprint density at radius 2 is 2.15 bits per heavy atom. The van der Waals surface area contributed by atoms with Gasteiger partial charge in [-0.05, 0) is 40.5 Å². The molecule has 0 aliphatic rings. The van der Waals surface area contributed by atoms with Gasteiger partial charge in [-0.25, -0.2) is 0 Å². The zero-order valence-electron chi connectivity index (χ0n) is 6.90. The van der Waals surface area contributed by atoms with Gasteiger partial charge in [-0.3, -0.25) is 4.79 Å². The van der Waals surface area contributed by atoms with Crippen molar-refractivity contribution in [3.63, 3.8) is 0 Å². The van der Waals surface area contributed by atoms with Gasteiger partial charge in [0, 0.05) is 10.0 Å². The summed E-state index contributed by atoms with van der Waals surface area (Å²) in [6.07, 6.45) is 0. The third-order valence-corrected chi connectivity index (χ3v) is 3.38. The van der Waals surface area contributed by atoms with E-state index in [1.165, 1.54) is 0 Å². The summed E-state index contributed by atoms with van der Waals surface area (Å²) in [5.41, 5.74) is 1.35. The standard InChI is InChI=1S/C9H7BrCl2O/c1-5-6(8(13)4-11)2-3-7(10)9(5)12/h2-3H,4H2,1H3. The van der Waals surface area contributed by atoms with E-state index in [-0.39, 0.29) is 11.7 Å². The average Bonchev–Trinajstić information content (AvgIpc) is 2.13. The summed E-state index contributed by atoms with van der Waals surface area (Å²) >= 11 is 14.7. The molecule has 0 amide bonds. The van der Waals surface area contributed by atoms with Gasteiger partial charge in [0.1, 0.15) is 0 Å². The quantitative estimate of drug-likeness (QED) is 0.595. The van der Waals surface area contributed by atoms with E-state index in [0.717, 1.165) is 10.0 Å². The first-order valence-electron chi connectivity index (χ1n) is 3.61. The minimum absolute atomic E-state index is 0.0151. The van der Waals surface area contributed by atoms with E-state index in [1.807, 2.05) is 0 Å². The predicted octanol–water partition coefficient (Wildman–Crippen LogP) is 3.83. The van der Waals surface area contributed by atoms with Gasteiger partial charge < -0.3 is 0 Å². The molecule has 0 bridgehead atoms. The Labute approximate surface area is 95.2 Å². The first-order chi connectivity index (χ1) is 6.07. The highest BCUT2D eigenvalue weighted by Crippen LogP contribution is 2.28. The van der Waals surface area contributed by atoms with Crippen LogP contribution in [0.2, 0.25) is 5.02 Å². The first-order valence-corrected chi connectivity index (χ1v) is 5.32. The molecule has 0 atom stereocenters. The van der Waals surface area contributed by atoms with Crippen molar-refractivity contribution >= 4 is 44.9 Å². The second kappa shape index (κ2) is 4.45. The van der Waals surface area contributed by atoms with Crippen LogP contribution in [0.15, 0.2) is 16.6 Å². The highest BCUT2D eigenvalue weighted by Gasteiger charge is 2.11. The molecule has 0 saturated heterocycles. The number of halogens is 3. The van der Waals surface area contributed by atoms with Gasteiger partial charge >= 0.3 is 0 Å². The molecule has 4 heteroatoms. The molecule has 0 unspecified atom stereocenters. The molecule has 1 aromatic rings. The van der Waals surface area contributed by atoms with Crippen LogP contribution in [0.4, 0.5) is 0 Å². The largest absolute Gasteiger partial charge is 0.293 e. The van der Waals surface area contributed by atoms with E-state index >= 15 is 0 Å². The molecule has 0 aliphatic heterocycles. The third-order valence-electron chi connectivity index (χ3n) is 1.76. The van der Waals surface area contributed by atoms with Crippen LogP contribution in [0.3, 0.4) is 0 Å².